The third kappa shape index (κ3) is 4.29. The first-order valence-electron chi connectivity index (χ1n) is 11.3. The second kappa shape index (κ2) is 9.37. The van der Waals surface area contributed by atoms with Crippen LogP contribution in [0.3, 0.4) is 0 Å². The minimum Gasteiger partial charge on any atom is -0.359 e. The maximum Gasteiger partial charge on any atom is 0.281 e. The second-order valence-electron chi connectivity index (χ2n) is 8.37. The fraction of sp³-hybridized carbons (Fsp3) is 0.571. The molecule has 2 aliphatic rings. The first kappa shape index (κ1) is 22.8. The molecule has 0 radical (unpaired) electrons. The molecule has 1 saturated heterocycles. The molecule has 2 aliphatic heterocycles. The summed E-state index contributed by atoms with van der Waals surface area (Å²) < 4.78 is 35.1. The number of anilines is 1. The van der Waals surface area contributed by atoms with Crippen molar-refractivity contribution in [2.75, 3.05) is 18.1 Å². The molecule has 3 aromatic rings. The molecule has 182 valence electrons. The first-order chi connectivity index (χ1) is 16.4. The van der Waals surface area contributed by atoms with E-state index in [2.05, 4.69) is 25.4 Å². The fourth-order valence-corrected chi connectivity index (χ4v) is 5.32. The summed E-state index contributed by atoms with van der Waals surface area (Å²) in [7, 11) is 1.65. The van der Waals surface area contributed by atoms with Crippen molar-refractivity contribution in [2.24, 2.45) is 7.05 Å². The van der Waals surface area contributed by atoms with Gasteiger partial charge in [-0.3, -0.25) is 9.48 Å². The van der Waals surface area contributed by atoms with Gasteiger partial charge in [-0.2, -0.15) is 10.1 Å². The Balaban J connectivity index is 1.29. The number of nitrogens with zero attached hydrogens (tertiary/aromatic N) is 7. The fourth-order valence-electron chi connectivity index (χ4n) is 4.49. The second-order valence-corrected chi connectivity index (χ2v) is 9.23. The summed E-state index contributed by atoms with van der Waals surface area (Å²) in [5.41, 5.74) is 0.427. The van der Waals surface area contributed by atoms with Crippen molar-refractivity contribution in [3.63, 3.8) is 0 Å². The highest BCUT2D eigenvalue weighted by Crippen LogP contribution is 2.31. The molecule has 5 heterocycles. The molecule has 1 N–H and O–H groups in total. The SMILES string of the molecule is CCO[C@H]1CCCN1c1nc2n(n1)CCC(NC(=O)c1c(-c3nc(C(F)F)cs3)cnn1C)C2. The summed E-state index contributed by atoms with van der Waals surface area (Å²) >= 11 is 1.07. The van der Waals surface area contributed by atoms with E-state index < -0.39 is 6.43 Å². The van der Waals surface area contributed by atoms with Gasteiger partial charge in [0, 0.05) is 44.6 Å². The predicted octanol–water partition coefficient (Wildman–Crippen LogP) is 2.78. The highest BCUT2D eigenvalue weighted by molar-refractivity contribution is 7.13. The van der Waals surface area contributed by atoms with E-state index in [0.29, 0.717) is 48.2 Å². The lowest BCUT2D eigenvalue weighted by Crippen LogP contribution is -2.41. The zero-order valence-corrected chi connectivity index (χ0v) is 19.8. The van der Waals surface area contributed by atoms with E-state index in [9.17, 15) is 13.6 Å². The number of aromatic nitrogens is 6. The molecule has 34 heavy (non-hydrogen) atoms. The Morgan fingerprint density at radius 2 is 2.18 bits per heavy atom. The van der Waals surface area contributed by atoms with Gasteiger partial charge >= 0.3 is 0 Å². The molecule has 5 rings (SSSR count). The number of halogens is 2. The predicted molar refractivity (Wildman–Crippen MR) is 121 cm³/mol. The van der Waals surface area contributed by atoms with E-state index >= 15 is 0 Å². The first-order valence-corrected chi connectivity index (χ1v) is 12.2. The van der Waals surface area contributed by atoms with Crippen molar-refractivity contribution in [1.29, 1.82) is 0 Å². The van der Waals surface area contributed by atoms with Crippen LogP contribution >= 0.6 is 11.3 Å². The van der Waals surface area contributed by atoms with Gasteiger partial charge in [-0.05, 0) is 26.2 Å². The van der Waals surface area contributed by atoms with Gasteiger partial charge in [0.05, 0.1) is 11.8 Å². The standard InChI is InChI=1S/C21H26F2N8O2S/c1-3-33-16-5-4-7-30(16)21-27-15-9-12(6-8-31(15)28-21)25-19(32)17-13(10-24-29(17)2)20-26-14(11-34-20)18(22)23/h10-12,16,18H,3-9H2,1-2H3,(H,25,32)/t12?,16-/m0/s1. The van der Waals surface area contributed by atoms with E-state index in [0.717, 1.165) is 36.5 Å². The lowest BCUT2D eigenvalue weighted by atomic mass is 10.1. The number of amides is 1. The molecule has 1 fully saturated rings. The number of ether oxygens (including phenoxy) is 1. The summed E-state index contributed by atoms with van der Waals surface area (Å²) in [6, 6.07) is -0.131. The average molecular weight is 493 g/mol. The van der Waals surface area contributed by atoms with Crippen LogP contribution in [0.5, 0.6) is 0 Å². The summed E-state index contributed by atoms with van der Waals surface area (Å²) in [5, 5.41) is 13.5. The monoisotopic (exact) mass is 492 g/mol. The average Bonchev–Trinajstić information content (AvgIpc) is 3.58. The van der Waals surface area contributed by atoms with Crippen LogP contribution in [0.15, 0.2) is 11.6 Å². The Morgan fingerprint density at radius 1 is 1.32 bits per heavy atom. The lowest BCUT2D eigenvalue weighted by molar-refractivity contribution is 0.0697. The molecule has 13 heteroatoms. The van der Waals surface area contributed by atoms with Crippen molar-refractivity contribution < 1.29 is 18.3 Å². The number of alkyl halides is 2. The van der Waals surface area contributed by atoms with Crippen LogP contribution in [0.1, 0.15) is 54.6 Å². The highest BCUT2D eigenvalue weighted by Gasteiger charge is 2.31. The normalized spacial score (nSPS) is 20.2. The lowest BCUT2D eigenvalue weighted by Gasteiger charge is -2.23. The maximum atomic E-state index is 13.2. The van der Waals surface area contributed by atoms with Gasteiger partial charge in [0.15, 0.2) is 0 Å². The molecule has 1 amide bonds. The molecule has 10 nitrogen and oxygen atoms in total. The van der Waals surface area contributed by atoms with Gasteiger partial charge in [-0.15, -0.1) is 16.4 Å². The van der Waals surface area contributed by atoms with Crippen LogP contribution in [0.4, 0.5) is 14.7 Å². The minimum absolute atomic E-state index is 0.00432. The van der Waals surface area contributed by atoms with Crippen LogP contribution in [0.25, 0.3) is 10.6 Å². The van der Waals surface area contributed by atoms with Crippen LogP contribution in [0.2, 0.25) is 0 Å². The molecule has 0 aliphatic carbocycles. The third-order valence-electron chi connectivity index (χ3n) is 6.13. The molecule has 0 saturated carbocycles. The van der Waals surface area contributed by atoms with E-state index in [4.69, 9.17) is 9.72 Å². The molecule has 2 atom stereocenters. The largest absolute Gasteiger partial charge is 0.359 e. The molecular formula is C21H26F2N8O2S. The Bertz CT molecular complexity index is 1180. The molecule has 0 spiro atoms. The number of hydrogen-bond donors (Lipinski definition) is 1. The number of fused-ring (bicyclic) bond motifs is 1. The zero-order chi connectivity index (χ0) is 23.8. The van der Waals surface area contributed by atoms with E-state index in [1.807, 2.05) is 11.6 Å². The third-order valence-corrected chi connectivity index (χ3v) is 7.03. The maximum absolute atomic E-state index is 13.2. The molecular weight excluding hydrogens is 466 g/mol. The molecule has 0 aromatic carbocycles. The van der Waals surface area contributed by atoms with Gasteiger partial charge in [0.2, 0.25) is 5.95 Å². The van der Waals surface area contributed by atoms with Gasteiger partial charge < -0.3 is 15.0 Å². The molecule has 1 unspecified atom stereocenters. The van der Waals surface area contributed by atoms with Crippen LogP contribution in [-0.4, -0.2) is 60.9 Å². The number of hydrogen-bond acceptors (Lipinski definition) is 8. The van der Waals surface area contributed by atoms with Crippen LogP contribution < -0.4 is 10.2 Å². The topological polar surface area (TPSA) is 103 Å². The van der Waals surface area contributed by atoms with E-state index in [1.54, 1.807) is 7.05 Å². The van der Waals surface area contributed by atoms with Gasteiger partial charge in [-0.1, -0.05) is 0 Å². The Kier molecular flexibility index (Phi) is 6.30. The van der Waals surface area contributed by atoms with Crippen molar-refractivity contribution in [1.82, 2.24) is 34.8 Å². The Hall–Kier alpha value is -2.93. The van der Waals surface area contributed by atoms with Gasteiger partial charge in [0.25, 0.3) is 12.3 Å². The zero-order valence-electron chi connectivity index (χ0n) is 18.9. The van der Waals surface area contributed by atoms with Crippen LogP contribution in [0, 0.1) is 0 Å². The molecule has 3 aromatic heterocycles. The number of thiazole rings is 1. The number of carbonyl (C=O) groups excluding carboxylic acids is 1. The number of rotatable bonds is 7. The van der Waals surface area contributed by atoms with Crippen molar-refractivity contribution in [3.8, 4) is 10.6 Å². The van der Waals surface area contributed by atoms with Gasteiger partial charge in [-0.25, -0.2) is 18.4 Å². The van der Waals surface area contributed by atoms with Gasteiger partial charge in [0.1, 0.15) is 28.4 Å². The number of nitrogens with one attached hydrogen (secondary N) is 1. The van der Waals surface area contributed by atoms with Crippen molar-refractivity contribution >= 4 is 23.2 Å². The van der Waals surface area contributed by atoms with E-state index in [-0.39, 0.29) is 23.9 Å². The Morgan fingerprint density at radius 3 is 2.94 bits per heavy atom. The molecule has 0 bridgehead atoms. The summed E-state index contributed by atoms with van der Waals surface area (Å²) in [4.78, 5) is 24.0. The highest BCUT2D eigenvalue weighted by atomic mass is 32.1. The summed E-state index contributed by atoms with van der Waals surface area (Å²) in [6.07, 6.45) is 2.08. The number of aryl methyl sites for hydroxylation is 2. The summed E-state index contributed by atoms with van der Waals surface area (Å²) in [5.74, 6) is 1.17. The minimum atomic E-state index is -2.66. The smallest absolute Gasteiger partial charge is 0.281 e. The van der Waals surface area contributed by atoms with E-state index in [1.165, 1.54) is 16.3 Å². The van der Waals surface area contributed by atoms with Crippen molar-refractivity contribution in [3.05, 3.63) is 28.8 Å². The van der Waals surface area contributed by atoms with Crippen LogP contribution in [-0.2, 0) is 24.8 Å². The van der Waals surface area contributed by atoms with Crippen molar-refractivity contribution in [2.45, 2.75) is 57.8 Å². The Labute approximate surface area is 198 Å². The summed E-state index contributed by atoms with van der Waals surface area (Å²) in [6.45, 7) is 4.13. The number of carbonyl (C=O) groups is 1. The quantitative estimate of drug-likeness (QED) is 0.541.